The summed E-state index contributed by atoms with van der Waals surface area (Å²) in [5.41, 5.74) is 2.98. The molecule has 7 heteroatoms. The van der Waals surface area contributed by atoms with Crippen molar-refractivity contribution in [1.82, 2.24) is 9.38 Å². The van der Waals surface area contributed by atoms with Crippen LogP contribution in [0.1, 0.15) is 5.56 Å². The predicted molar refractivity (Wildman–Crippen MR) is 114 cm³/mol. The number of aromatic nitrogens is 2. The molecule has 0 fully saturated rings. The molecule has 0 aliphatic rings. The number of benzene rings is 2. The molecule has 0 saturated carbocycles. The summed E-state index contributed by atoms with van der Waals surface area (Å²) in [4.78, 5) is 20.0. The van der Waals surface area contributed by atoms with E-state index in [9.17, 15) is 10.1 Å². The monoisotopic (exact) mass is 468 g/mol. The third kappa shape index (κ3) is 3.59. The van der Waals surface area contributed by atoms with E-state index in [1.807, 2.05) is 53.1 Å². The van der Waals surface area contributed by atoms with Gasteiger partial charge in [0.1, 0.15) is 11.3 Å². The number of halogens is 1. The standard InChI is InChI=1S/C20H13IN4O2/c21-16-9-7-14(8-10-16)13-22-20-19(23-18-6-1-2-11-24(18)20)15-4-3-5-17(12-15)25(26)27/h1-13H. The summed E-state index contributed by atoms with van der Waals surface area (Å²) in [7, 11) is 0. The van der Waals surface area contributed by atoms with Crippen LogP contribution in [0.2, 0.25) is 0 Å². The van der Waals surface area contributed by atoms with Crippen molar-refractivity contribution in [2.24, 2.45) is 4.99 Å². The molecule has 4 rings (SSSR count). The largest absolute Gasteiger partial charge is 0.284 e. The Morgan fingerprint density at radius 1 is 1.07 bits per heavy atom. The smallest absolute Gasteiger partial charge is 0.270 e. The zero-order chi connectivity index (χ0) is 18.8. The third-order valence-electron chi connectivity index (χ3n) is 4.04. The van der Waals surface area contributed by atoms with Gasteiger partial charge in [-0.3, -0.25) is 14.5 Å². The van der Waals surface area contributed by atoms with E-state index in [-0.39, 0.29) is 5.69 Å². The van der Waals surface area contributed by atoms with Gasteiger partial charge < -0.3 is 0 Å². The second kappa shape index (κ2) is 7.28. The van der Waals surface area contributed by atoms with Gasteiger partial charge >= 0.3 is 0 Å². The average molecular weight is 468 g/mol. The van der Waals surface area contributed by atoms with E-state index in [0.29, 0.717) is 17.1 Å². The molecule has 0 aliphatic carbocycles. The zero-order valence-electron chi connectivity index (χ0n) is 14.0. The summed E-state index contributed by atoms with van der Waals surface area (Å²) >= 11 is 2.25. The van der Waals surface area contributed by atoms with E-state index in [4.69, 9.17) is 0 Å². The van der Waals surface area contributed by atoms with Crippen LogP contribution in [-0.4, -0.2) is 20.5 Å². The van der Waals surface area contributed by atoms with Gasteiger partial charge in [-0.2, -0.15) is 0 Å². The van der Waals surface area contributed by atoms with Gasteiger partial charge in [0.15, 0.2) is 5.82 Å². The minimum absolute atomic E-state index is 0.0251. The van der Waals surface area contributed by atoms with E-state index >= 15 is 0 Å². The Bertz CT molecular complexity index is 1170. The lowest BCUT2D eigenvalue weighted by Gasteiger charge is -2.01. The fourth-order valence-electron chi connectivity index (χ4n) is 2.75. The first kappa shape index (κ1) is 17.3. The van der Waals surface area contributed by atoms with Crippen LogP contribution in [0.3, 0.4) is 0 Å². The Kier molecular flexibility index (Phi) is 4.68. The summed E-state index contributed by atoms with van der Waals surface area (Å²) in [6.45, 7) is 0. The Morgan fingerprint density at radius 3 is 2.67 bits per heavy atom. The molecule has 4 aromatic rings. The molecule has 6 nitrogen and oxygen atoms in total. The molecule has 132 valence electrons. The number of pyridine rings is 1. The number of nitrogens with zero attached hydrogens (tertiary/aromatic N) is 4. The van der Waals surface area contributed by atoms with Gasteiger partial charge in [-0.1, -0.05) is 30.3 Å². The van der Waals surface area contributed by atoms with Gasteiger partial charge in [-0.05, 0) is 52.4 Å². The van der Waals surface area contributed by atoms with E-state index in [0.717, 1.165) is 14.8 Å². The molecule has 0 bridgehead atoms. The highest BCUT2D eigenvalue weighted by atomic mass is 127. The third-order valence-corrected chi connectivity index (χ3v) is 4.76. The van der Waals surface area contributed by atoms with Gasteiger partial charge in [0.2, 0.25) is 0 Å². The van der Waals surface area contributed by atoms with E-state index in [2.05, 4.69) is 32.6 Å². The van der Waals surface area contributed by atoms with Gasteiger partial charge in [-0.25, -0.2) is 9.98 Å². The molecule has 0 radical (unpaired) electrons. The number of rotatable bonds is 4. The molecule has 2 aromatic heterocycles. The van der Waals surface area contributed by atoms with Crippen LogP contribution >= 0.6 is 22.6 Å². The lowest BCUT2D eigenvalue weighted by molar-refractivity contribution is -0.384. The number of fused-ring (bicyclic) bond motifs is 1. The first-order chi connectivity index (χ1) is 13.1. The van der Waals surface area contributed by atoms with Gasteiger partial charge in [-0.15, -0.1) is 0 Å². The van der Waals surface area contributed by atoms with Crippen molar-refractivity contribution in [3.63, 3.8) is 0 Å². The summed E-state index contributed by atoms with van der Waals surface area (Å²) in [5.74, 6) is 0.629. The molecular weight excluding hydrogens is 455 g/mol. The number of non-ortho nitro benzene ring substituents is 1. The molecule has 0 spiro atoms. The SMILES string of the molecule is O=[N+]([O-])c1cccc(-c2nc3ccccn3c2N=Cc2ccc(I)cc2)c1. The fraction of sp³-hybridized carbons (Fsp3) is 0. The van der Waals surface area contributed by atoms with E-state index in [1.165, 1.54) is 12.1 Å². The number of hydrogen-bond donors (Lipinski definition) is 0. The van der Waals surface area contributed by atoms with Crippen molar-refractivity contribution >= 4 is 46.0 Å². The Morgan fingerprint density at radius 2 is 1.89 bits per heavy atom. The van der Waals surface area contributed by atoms with Gasteiger partial charge in [0, 0.05) is 33.7 Å². The maximum Gasteiger partial charge on any atom is 0.270 e. The zero-order valence-corrected chi connectivity index (χ0v) is 16.1. The molecule has 0 amide bonds. The van der Waals surface area contributed by atoms with Crippen molar-refractivity contribution in [2.75, 3.05) is 0 Å². The van der Waals surface area contributed by atoms with Crippen LogP contribution in [-0.2, 0) is 0 Å². The minimum atomic E-state index is -0.409. The molecule has 0 unspecified atom stereocenters. The molecule has 0 N–H and O–H groups in total. The summed E-state index contributed by atoms with van der Waals surface area (Å²) in [5, 5.41) is 11.1. The van der Waals surface area contributed by atoms with Crippen LogP contribution in [0, 0.1) is 13.7 Å². The second-order valence-electron chi connectivity index (χ2n) is 5.83. The molecule has 0 atom stereocenters. The predicted octanol–water partition coefficient (Wildman–Crippen LogP) is 5.26. The highest BCUT2D eigenvalue weighted by Gasteiger charge is 2.15. The highest BCUT2D eigenvalue weighted by Crippen LogP contribution is 2.32. The van der Waals surface area contributed by atoms with E-state index in [1.54, 1.807) is 18.3 Å². The molecular formula is C20H13IN4O2. The summed E-state index contributed by atoms with van der Waals surface area (Å²) in [6.07, 6.45) is 3.65. The number of hydrogen-bond acceptors (Lipinski definition) is 4. The number of nitro groups is 1. The molecule has 2 heterocycles. The quantitative estimate of drug-likeness (QED) is 0.177. The van der Waals surface area contributed by atoms with E-state index < -0.39 is 4.92 Å². The molecule has 0 aliphatic heterocycles. The second-order valence-corrected chi connectivity index (χ2v) is 7.08. The van der Waals surface area contributed by atoms with Crippen LogP contribution in [0.5, 0.6) is 0 Å². The first-order valence-corrected chi connectivity index (χ1v) is 9.21. The van der Waals surface area contributed by atoms with Crippen molar-refractivity contribution < 1.29 is 4.92 Å². The maximum absolute atomic E-state index is 11.1. The fourth-order valence-corrected chi connectivity index (χ4v) is 3.11. The maximum atomic E-state index is 11.1. The number of imidazole rings is 1. The number of aliphatic imine (C=N–C) groups is 1. The van der Waals surface area contributed by atoms with Crippen LogP contribution in [0.25, 0.3) is 16.9 Å². The first-order valence-electron chi connectivity index (χ1n) is 8.13. The van der Waals surface area contributed by atoms with Crippen LogP contribution in [0.15, 0.2) is 77.9 Å². The number of nitro benzene ring substituents is 1. The van der Waals surface area contributed by atoms with Crippen molar-refractivity contribution in [1.29, 1.82) is 0 Å². The van der Waals surface area contributed by atoms with Gasteiger partial charge in [0.05, 0.1) is 4.92 Å². The normalized spacial score (nSPS) is 11.3. The van der Waals surface area contributed by atoms with Crippen molar-refractivity contribution in [2.45, 2.75) is 0 Å². The topological polar surface area (TPSA) is 72.8 Å². The van der Waals surface area contributed by atoms with Crippen molar-refractivity contribution in [3.8, 4) is 11.3 Å². The minimum Gasteiger partial charge on any atom is -0.284 e. The lowest BCUT2D eigenvalue weighted by Crippen LogP contribution is -1.89. The van der Waals surface area contributed by atoms with Crippen LogP contribution in [0.4, 0.5) is 11.5 Å². The summed E-state index contributed by atoms with van der Waals surface area (Å²) < 4.78 is 3.02. The Labute approximate surface area is 168 Å². The van der Waals surface area contributed by atoms with Crippen molar-refractivity contribution in [3.05, 3.63) is 92.2 Å². The average Bonchev–Trinajstić information content (AvgIpc) is 3.06. The van der Waals surface area contributed by atoms with Gasteiger partial charge in [0.25, 0.3) is 5.69 Å². The Balaban J connectivity index is 1.86. The Hall–Kier alpha value is -3.07. The highest BCUT2D eigenvalue weighted by molar-refractivity contribution is 14.1. The molecule has 0 saturated heterocycles. The summed E-state index contributed by atoms with van der Waals surface area (Å²) in [6, 6.07) is 20.1. The molecule has 2 aromatic carbocycles. The van der Waals surface area contributed by atoms with Crippen LogP contribution < -0.4 is 0 Å². The molecule has 27 heavy (non-hydrogen) atoms. The lowest BCUT2D eigenvalue weighted by atomic mass is 10.1.